The minimum absolute atomic E-state index is 0.222. The molecule has 0 aromatic heterocycles. The fraction of sp³-hybridized carbons (Fsp3) is 0.714. The molecule has 95 valence electrons. The Balaban J connectivity index is 2.29. The summed E-state index contributed by atoms with van der Waals surface area (Å²) in [5, 5.41) is 8.75. The lowest BCUT2D eigenvalue weighted by Crippen LogP contribution is -2.06. The first-order valence-corrected chi connectivity index (χ1v) is 8.73. The second kappa shape index (κ2) is 8.94. The van der Waals surface area contributed by atoms with Crippen LogP contribution in [-0.2, 0) is 0 Å². The quantitative estimate of drug-likeness (QED) is 0.377. The summed E-state index contributed by atoms with van der Waals surface area (Å²) in [4.78, 5) is 0. The Labute approximate surface area is 108 Å². The molecular weight excluding hydrogens is 226 g/mol. The summed E-state index contributed by atoms with van der Waals surface area (Å²) in [6, 6.07) is 0. The number of aliphatic hydroxyl groups excluding tert-OH is 1. The van der Waals surface area contributed by atoms with Gasteiger partial charge in [0.1, 0.15) is 7.28 Å². The van der Waals surface area contributed by atoms with Crippen LogP contribution in [0, 0.1) is 5.92 Å². The lowest BCUT2D eigenvalue weighted by atomic mass is 9.65. The van der Waals surface area contributed by atoms with Gasteiger partial charge in [0.25, 0.3) is 0 Å². The maximum atomic E-state index is 8.75. The van der Waals surface area contributed by atoms with Crippen LogP contribution in [0.5, 0.6) is 0 Å². The highest BCUT2D eigenvalue weighted by atomic mass is 31.1. The van der Waals surface area contributed by atoms with Gasteiger partial charge in [-0.05, 0) is 30.8 Å². The first-order valence-electron chi connectivity index (χ1n) is 6.83. The highest BCUT2D eigenvalue weighted by molar-refractivity contribution is 7.57. The fourth-order valence-corrected chi connectivity index (χ4v) is 3.95. The van der Waals surface area contributed by atoms with Gasteiger partial charge >= 0.3 is 0 Å². The van der Waals surface area contributed by atoms with Crippen LogP contribution < -0.4 is 0 Å². The molecule has 1 aliphatic carbocycles. The van der Waals surface area contributed by atoms with E-state index in [2.05, 4.69) is 39.4 Å². The van der Waals surface area contributed by atoms with Crippen LogP contribution in [-0.4, -0.2) is 37.5 Å². The first-order chi connectivity index (χ1) is 8.31. The number of allylic oxidation sites excluding steroid dienone is 4. The van der Waals surface area contributed by atoms with Crippen LogP contribution in [0.1, 0.15) is 20.3 Å². The van der Waals surface area contributed by atoms with E-state index in [1.165, 1.54) is 18.5 Å². The Morgan fingerprint density at radius 2 is 2.12 bits per heavy atom. The zero-order valence-electron chi connectivity index (χ0n) is 11.2. The Morgan fingerprint density at radius 3 is 2.76 bits per heavy atom. The van der Waals surface area contributed by atoms with Crippen molar-refractivity contribution in [2.45, 2.75) is 32.9 Å². The fourth-order valence-electron chi connectivity index (χ4n) is 2.20. The Kier molecular flexibility index (Phi) is 7.89. The van der Waals surface area contributed by atoms with Gasteiger partial charge < -0.3 is 5.11 Å². The third kappa shape index (κ3) is 5.40. The van der Waals surface area contributed by atoms with Gasteiger partial charge in [-0.25, -0.2) is 0 Å². The SMILES string of the molecule is CCP(CC)CC1=CC=CC1C[B]CCCO. The molecule has 0 aromatic rings. The standard InChI is InChI=1S/C14H25BOP/c1-3-17(4-2)12-14-8-5-7-13(14)11-15-9-6-10-16/h5,7-8,13,16H,3-4,6,9-12H2,1-2H3. The molecule has 3 heteroatoms. The molecule has 1 N–H and O–H groups in total. The molecule has 1 nitrogen and oxygen atoms in total. The van der Waals surface area contributed by atoms with E-state index >= 15 is 0 Å². The number of hydrogen-bond donors (Lipinski definition) is 1. The van der Waals surface area contributed by atoms with Gasteiger partial charge in [-0.15, -0.1) is 7.92 Å². The minimum atomic E-state index is 0.222. The van der Waals surface area contributed by atoms with Crippen molar-refractivity contribution in [3.63, 3.8) is 0 Å². The first kappa shape index (κ1) is 15.0. The third-order valence-corrected chi connectivity index (χ3v) is 6.02. The van der Waals surface area contributed by atoms with Crippen LogP contribution in [0.3, 0.4) is 0 Å². The van der Waals surface area contributed by atoms with Crippen molar-refractivity contribution in [1.82, 2.24) is 0 Å². The molecule has 0 aromatic carbocycles. The van der Waals surface area contributed by atoms with Crippen LogP contribution in [0.15, 0.2) is 23.8 Å². The van der Waals surface area contributed by atoms with Crippen molar-refractivity contribution >= 4 is 15.2 Å². The average Bonchev–Trinajstić information content (AvgIpc) is 2.79. The van der Waals surface area contributed by atoms with Crippen molar-refractivity contribution in [3.05, 3.63) is 23.8 Å². The lowest BCUT2D eigenvalue weighted by Gasteiger charge is -2.19. The largest absolute Gasteiger partial charge is 0.396 e. The van der Waals surface area contributed by atoms with Crippen molar-refractivity contribution in [3.8, 4) is 0 Å². The molecule has 0 saturated carbocycles. The van der Waals surface area contributed by atoms with Gasteiger partial charge in [0, 0.05) is 6.61 Å². The molecule has 0 bridgehead atoms. The molecule has 1 unspecified atom stereocenters. The van der Waals surface area contributed by atoms with Crippen molar-refractivity contribution in [2.75, 3.05) is 25.1 Å². The lowest BCUT2D eigenvalue weighted by molar-refractivity contribution is 0.295. The molecule has 0 fully saturated rings. The maximum Gasteiger partial charge on any atom is 0.110 e. The molecule has 0 aliphatic heterocycles. The van der Waals surface area contributed by atoms with Gasteiger partial charge in [0.2, 0.25) is 0 Å². The summed E-state index contributed by atoms with van der Waals surface area (Å²) in [5.74, 6) is 0.650. The normalized spacial score (nSPS) is 18.8. The number of hydrogen-bond acceptors (Lipinski definition) is 1. The van der Waals surface area contributed by atoms with E-state index in [1.54, 1.807) is 5.57 Å². The average molecular weight is 251 g/mol. The van der Waals surface area contributed by atoms with Gasteiger partial charge in [-0.2, -0.15) is 0 Å². The van der Waals surface area contributed by atoms with Gasteiger partial charge in [-0.3, -0.25) is 0 Å². The van der Waals surface area contributed by atoms with E-state index in [1.807, 2.05) is 0 Å². The molecule has 1 rings (SSSR count). The van der Waals surface area contributed by atoms with Crippen LogP contribution in [0.4, 0.5) is 0 Å². The Bertz CT molecular complexity index is 259. The summed E-state index contributed by atoms with van der Waals surface area (Å²) >= 11 is 0. The van der Waals surface area contributed by atoms with Crippen LogP contribution in [0.25, 0.3) is 0 Å². The van der Waals surface area contributed by atoms with E-state index in [9.17, 15) is 0 Å². The topological polar surface area (TPSA) is 20.2 Å². The van der Waals surface area contributed by atoms with Gasteiger partial charge in [0.05, 0.1) is 0 Å². The molecule has 1 aliphatic rings. The zero-order valence-corrected chi connectivity index (χ0v) is 12.1. The second-order valence-electron chi connectivity index (χ2n) is 4.58. The smallest absolute Gasteiger partial charge is 0.110 e. The summed E-state index contributed by atoms with van der Waals surface area (Å²) in [6.45, 7) is 4.96. The molecule has 0 saturated heterocycles. The van der Waals surface area contributed by atoms with E-state index in [0.29, 0.717) is 12.5 Å². The minimum Gasteiger partial charge on any atom is -0.396 e. The highest BCUT2D eigenvalue weighted by Gasteiger charge is 2.17. The van der Waals surface area contributed by atoms with Crippen molar-refractivity contribution < 1.29 is 5.11 Å². The Morgan fingerprint density at radius 1 is 1.35 bits per heavy atom. The van der Waals surface area contributed by atoms with E-state index in [0.717, 1.165) is 19.1 Å². The summed E-state index contributed by atoms with van der Waals surface area (Å²) in [7, 11) is 2.56. The van der Waals surface area contributed by atoms with Gasteiger partial charge in [0.15, 0.2) is 0 Å². The molecule has 1 atom stereocenters. The van der Waals surface area contributed by atoms with Gasteiger partial charge in [-0.1, -0.05) is 50.3 Å². The van der Waals surface area contributed by atoms with E-state index in [-0.39, 0.29) is 7.92 Å². The third-order valence-electron chi connectivity index (χ3n) is 3.42. The maximum absolute atomic E-state index is 8.75. The molecular formula is C14H25BOP. The second-order valence-corrected chi connectivity index (χ2v) is 7.51. The number of rotatable bonds is 9. The molecule has 1 radical (unpaired) electrons. The monoisotopic (exact) mass is 251 g/mol. The van der Waals surface area contributed by atoms with Crippen LogP contribution >= 0.6 is 7.92 Å². The summed E-state index contributed by atoms with van der Waals surface area (Å²) < 4.78 is 0. The predicted octanol–water partition coefficient (Wildman–Crippen LogP) is 3.54. The Hall–Kier alpha value is -0.0651. The molecule has 0 amide bonds. The predicted molar refractivity (Wildman–Crippen MR) is 80.7 cm³/mol. The number of aliphatic hydroxyl groups is 1. The molecule has 17 heavy (non-hydrogen) atoms. The van der Waals surface area contributed by atoms with E-state index in [4.69, 9.17) is 5.11 Å². The molecule has 0 heterocycles. The van der Waals surface area contributed by atoms with Crippen LogP contribution in [0.2, 0.25) is 12.6 Å². The summed E-state index contributed by atoms with van der Waals surface area (Å²) in [5.41, 5.74) is 1.64. The summed E-state index contributed by atoms with van der Waals surface area (Å²) in [6.07, 6.45) is 14.0. The zero-order chi connectivity index (χ0) is 12.5. The van der Waals surface area contributed by atoms with E-state index < -0.39 is 0 Å². The highest BCUT2D eigenvalue weighted by Crippen LogP contribution is 2.40. The molecule has 0 spiro atoms. The van der Waals surface area contributed by atoms with Crippen molar-refractivity contribution in [1.29, 1.82) is 0 Å². The van der Waals surface area contributed by atoms with Crippen molar-refractivity contribution in [2.24, 2.45) is 5.92 Å².